The summed E-state index contributed by atoms with van der Waals surface area (Å²) in [6.45, 7) is 2.12. The summed E-state index contributed by atoms with van der Waals surface area (Å²) in [6, 6.07) is 0. The van der Waals surface area contributed by atoms with Crippen molar-refractivity contribution in [2.75, 3.05) is 24.6 Å². The number of nitrogens with one attached hydrogen (secondary N) is 2. The molecule has 0 amide bonds. The Kier molecular flexibility index (Phi) is 1.82. The summed E-state index contributed by atoms with van der Waals surface area (Å²) < 4.78 is 7.26. The van der Waals surface area contributed by atoms with E-state index in [2.05, 4.69) is 5.32 Å². The second-order valence-corrected chi connectivity index (χ2v) is 3.45. The average Bonchev–Trinajstić information content (AvgIpc) is 1.69. The molecule has 0 bridgehead atoms. The Morgan fingerprint density at radius 2 is 1.86 bits per heavy atom. The van der Waals surface area contributed by atoms with Crippen LogP contribution in [0.4, 0.5) is 0 Å². The Labute approximate surface area is 46.2 Å². The van der Waals surface area contributed by atoms with Crippen molar-refractivity contribution in [2.45, 2.75) is 0 Å². The van der Waals surface area contributed by atoms with Crippen LogP contribution in [-0.2, 0) is 10.7 Å². The van der Waals surface area contributed by atoms with E-state index in [1.165, 1.54) is 0 Å². The monoisotopic (exact) mass is 118 g/mol. The summed E-state index contributed by atoms with van der Waals surface area (Å²) in [5.74, 6) is 2.14. The predicted molar refractivity (Wildman–Crippen MR) is 32.7 cm³/mol. The second kappa shape index (κ2) is 2.43. The van der Waals surface area contributed by atoms with E-state index in [1.807, 2.05) is 0 Å². The van der Waals surface area contributed by atoms with Crippen molar-refractivity contribution in [3.8, 4) is 0 Å². The summed E-state index contributed by atoms with van der Waals surface area (Å²) in [7, 11) is -0.00270. The van der Waals surface area contributed by atoms with E-state index in [9.17, 15) is 0 Å². The summed E-state index contributed by atoms with van der Waals surface area (Å²) in [6.07, 6.45) is 0. The smallest absolute Gasteiger partial charge is 0.0164 e. The zero-order chi connectivity index (χ0) is 5.11. The van der Waals surface area contributed by atoms with Gasteiger partial charge in [-0.2, -0.15) is 0 Å². The van der Waals surface area contributed by atoms with Crippen molar-refractivity contribution < 1.29 is 0 Å². The minimum atomic E-state index is -0.00270. The van der Waals surface area contributed by atoms with E-state index >= 15 is 0 Å². The summed E-state index contributed by atoms with van der Waals surface area (Å²) in [5.41, 5.74) is 0. The van der Waals surface area contributed by atoms with Gasteiger partial charge < -0.3 is 5.32 Å². The molecule has 1 aliphatic heterocycles. The van der Waals surface area contributed by atoms with Gasteiger partial charge in [0, 0.05) is 24.6 Å². The van der Waals surface area contributed by atoms with E-state index < -0.39 is 0 Å². The van der Waals surface area contributed by atoms with Gasteiger partial charge in [0.15, 0.2) is 0 Å². The van der Waals surface area contributed by atoms with Crippen LogP contribution in [0.2, 0.25) is 0 Å². The Hall–Kier alpha value is 0.110. The average molecular weight is 118 g/mol. The Balaban J connectivity index is 2.25. The third-order valence-electron chi connectivity index (χ3n) is 1.05. The van der Waals surface area contributed by atoms with Crippen molar-refractivity contribution in [1.29, 1.82) is 4.78 Å². The van der Waals surface area contributed by atoms with Gasteiger partial charge in [-0.15, -0.1) is 10.7 Å². The summed E-state index contributed by atoms with van der Waals surface area (Å²) >= 11 is 0. The maximum Gasteiger partial charge on any atom is 0.0164 e. The molecule has 7 heavy (non-hydrogen) atoms. The lowest BCUT2D eigenvalue weighted by atomic mass is 10.6. The molecule has 2 N–H and O–H groups in total. The van der Waals surface area contributed by atoms with Gasteiger partial charge >= 0.3 is 0 Å². The minimum absolute atomic E-state index is 0.00270. The fourth-order valence-corrected chi connectivity index (χ4v) is 1.60. The first-order chi connectivity index (χ1) is 3.39. The normalized spacial score (nSPS) is 25.1. The highest BCUT2D eigenvalue weighted by Gasteiger charge is 1.99. The molecule has 0 aromatic carbocycles. The molecule has 3 heteroatoms. The number of rotatable bonds is 0. The van der Waals surface area contributed by atoms with Crippen LogP contribution < -0.4 is 5.32 Å². The maximum absolute atomic E-state index is 7.26. The molecule has 1 saturated heterocycles. The van der Waals surface area contributed by atoms with Gasteiger partial charge in [-0.1, -0.05) is 0 Å². The molecule has 2 nitrogen and oxygen atoms in total. The summed E-state index contributed by atoms with van der Waals surface area (Å²) in [5, 5.41) is 3.20. The van der Waals surface area contributed by atoms with Crippen LogP contribution in [0.3, 0.4) is 0 Å². The molecule has 1 rings (SSSR count). The topological polar surface area (TPSA) is 35.9 Å². The largest absolute Gasteiger partial charge is 0.315 e. The molecule has 1 heterocycles. The third kappa shape index (κ3) is 1.57. The lowest BCUT2D eigenvalue weighted by molar-refractivity contribution is 0.751. The van der Waals surface area contributed by atoms with Gasteiger partial charge in [0.1, 0.15) is 0 Å². The number of hydrogen-bond donors (Lipinski definition) is 2. The van der Waals surface area contributed by atoms with Gasteiger partial charge in [-0.25, -0.2) is 0 Å². The van der Waals surface area contributed by atoms with E-state index in [0.717, 1.165) is 24.6 Å². The SMILES string of the molecule is N=S1CCNCC1. The van der Waals surface area contributed by atoms with Gasteiger partial charge in [0.25, 0.3) is 0 Å². The molecule has 0 spiro atoms. The molecule has 42 valence electrons. The van der Waals surface area contributed by atoms with Crippen molar-refractivity contribution in [2.24, 2.45) is 0 Å². The lowest BCUT2D eigenvalue weighted by Crippen LogP contribution is -2.31. The van der Waals surface area contributed by atoms with Gasteiger partial charge in [-0.05, 0) is 0 Å². The molecular formula is C4H10N2S. The fraction of sp³-hybridized carbons (Fsp3) is 1.00. The molecular weight excluding hydrogens is 108 g/mol. The van der Waals surface area contributed by atoms with E-state index in [0.29, 0.717) is 0 Å². The zero-order valence-electron chi connectivity index (χ0n) is 4.24. The van der Waals surface area contributed by atoms with E-state index in [4.69, 9.17) is 4.78 Å². The first-order valence-corrected chi connectivity index (χ1v) is 4.05. The first kappa shape index (κ1) is 5.25. The van der Waals surface area contributed by atoms with Gasteiger partial charge in [0.05, 0.1) is 0 Å². The van der Waals surface area contributed by atoms with Crippen LogP contribution >= 0.6 is 0 Å². The molecule has 0 radical (unpaired) electrons. The van der Waals surface area contributed by atoms with Gasteiger partial charge in [-0.3, -0.25) is 4.78 Å². The van der Waals surface area contributed by atoms with Crippen molar-refractivity contribution in [3.63, 3.8) is 0 Å². The quantitative estimate of drug-likeness (QED) is 0.460. The molecule has 0 unspecified atom stereocenters. The van der Waals surface area contributed by atoms with Crippen LogP contribution in [0.15, 0.2) is 0 Å². The highest BCUT2D eigenvalue weighted by Crippen LogP contribution is 1.86. The molecule has 0 aliphatic carbocycles. The Morgan fingerprint density at radius 3 is 2.14 bits per heavy atom. The van der Waals surface area contributed by atoms with Crippen LogP contribution in [0, 0.1) is 4.78 Å². The first-order valence-electron chi connectivity index (χ1n) is 2.49. The standard InChI is InChI=1S/C4H10N2S/c5-7-3-1-6-2-4-7/h5-6H,1-4H2. The summed E-state index contributed by atoms with van der Waals surface area (Å²) in [4.78, 5) is 0. The van der Waals surface area contributed by atoms with Crippen LogP contribution in [0.1, 0.15) is 0 Å². The fourth-order valence-electron chi connectivity index (χ4n) is 0.618. The second-order valence-electron chi connectivity index (χ2n) is 1.65. The van der Waals surface area contributed by atoms with Crippen LogP contribution in [-0.4, -0.2) is 24.6 Å². The highest BCUT2D eigenvalue weighted by molar-refractivity contribution is 7.86. The minimum Gasteiger partial charge on any atom is -0.315 e. The predicted octanol–water partition coefficient (Wildman–Crippen LogP) is -0.0297. The third-order valence-corrected chi connectivity index (χ3v) is 2.44. The van der Waals surface area contributed by atoms with Crippen molar-refractivity contribution in [3.05, 3.63) is 0 Å². The molecule has 0 atom stereocenters. The van der Waals surface area contributed by atoms with Crippen LogP contribution in [0.5, 0.6) is 0 Å². The van der Waals surface area contributed by atoms with E-state index in [-0.39, 0.29) is 10.7 Å². The lowest BCUT2D eigenvalue weighted by Gasteiger charge is -2.12. The van der Waals surface area contributed by atoms with Crippen LogP contribution in [0.25, 0.3) is 0 Å². The van der Waals surface area contributed by atoms with Gasteiger partial charge in [0.2, 0.25) is 0 Å². The molecule has 1 fully saturated rings. The Morgan fingerprint density at radius 1 is 1.29 bits per heavy atom. The van der Waals surface area contributed by atoms with E-state index in [1.54, 1.807) is 0 Å². The van der Waals surface area contributed by atoms with Crippen molar-refractivity contribution >= 4 is 10.7 Å². The zero-order valence-corrected chi connectivity index (χ0v) is 5.05. The molecule has 0 saturated carbocycles. The molecule has 0 aromatic heterocycles. The highest BCUT2D eigenvalue weighted by atomic mass is 32.2. The van der Waals surface area contributed by atoms with Crippen molar-refractivity contribution in [1.82, 2.24) is 5.32 Å². The molecule has 0 aromatic rings. The Bertz CT molecular complexity index is 73.8. The maximum atomic E-state index is 7.26. The number of hydrogen-bond acceptors (Lipinski definition) is 2. The molecule has 1 aliphatic rings.